The Balaban J connectivity index is 1.83. The van der Waals surface area contributed by atoms with Gasteiger partial charge in [0.2, 0.25) is 5.88 Å². The second kappa shape index (κ2) is 6.41. The van der Waals surface area contributed by atoms with Gasteiger partial charge in [0.25, 0.3) is 0 Å². The number of hydrogen-bond donors (Lipinski definition) is 1. The summed E-state index contributed by atoms with van der Waals surface area (Å²) in [5.74, 6) is 1.35. The van der Waals surface area contributed by atoms with E-state index in [0.29, 0.717) is 5.88 Å². The van der Waals surface area contributed by atoms with E-state index < -0.39 is 0 Å². The average molecular weight is 290 g/mol. The van der Waals surface area contributed by atoms with Crippen molar-refractivity contribution in [2.45, 2.75) is 13.0 Å². The Labute approximate surface area is 130 Å². The van der Waals surface area contributed by atoms with Crippen molar-refractivity contribution in [2.24, 2.45) is 5.73 Å². The highest BCUT2D eigenvalue weighted by atomic mass is 16.5. The van der Waals surface area contributed by atoms with Gasteiger partial charge in [-0.2, -0.15) is 0 Å². The first-order valence-electron chi connectivity index (χ1n) is 7.24. The molecule has 0 fully saturated rings. The second-order valence-corrected chi connectivity index (χ2v) is 5.18. The van der Waals surface area contributed by atoms with Crippen LogP contribution in [-0.2, 0) is 0 Å². The molecule has 1 atom stereocenters. The van der Waals surface area contributed by atoms with Gasteiger partial charge in [0.05, 0.1) is 6.04 Å². The van der Waals surface area contributed by atoms with Gasteiger partial charge in [-0.15, -0.1) is 0 Å². The molecule has 0 saturated carbocycles. The molecular weight excluding hydrogens is 272 g/mol. The van der Waals surface area contributed by atoms with Crippen molar-refractivity contribution in [3.05, 3.63) is 89.6 Å². The number of aromatic nitrogens is 1. The number of pyridine rings is 1. The molecule has 3 aromatic rings. The molecule has 0 amide bonds. The van der Waals surface area contributed by atoms with Crippen molar-refractivity contribution in [3.8, 4) is 11.6 Å². The van der Waals surface area contributed by atoms with Gasteiger partial charge in [-0.3, -0.25) is 0 Å². The van der Waals surface area contributed by atoms with E-state index in [4.69, 9.17) is 10.5 Å². The lowest BCUT2D eigenvalue weighted by molar-refractivity contribution is 0.462. The van der Waals surface area contributed by atoms with Crippen LogP contribution in [0.2, 0.25) is 0 Å². The normalized spacial score (nSPS) is 11.9. The maximum absolute atomic E-state index is 6.34. The highest BCUT2D eigenvalue weighted by Gasteiger charge is 2.12. The van der Waals surface area contributed by atoms with Crippen LogP contribution in [0.4, 0.5) is 0 Å². The number of hydrogen-bond acceptors (Lipinski definition) is 3. The van der Waals surface area contributed by atoms with Crippen LogP contribution in [0, 0.1) is 6.92 Å². The Kier molecular flexibility index (Phi) is 4.17. The first-order valence-corrected chi connectivity index (χ1v) is 7.24. The molecule has 110 valence electrons. The summed E-state index contributed by atoms with van der Waals surface area (Å²) >= 11 is 0. The summed E-state index contributed by atoms with van der Waals surface area (Å²) in [5, 5.41) is 0. The first-order chi connectivity index (χ1) is 10.7. The minimum absolute atomic E-state index is 0.181. The molecule has 1 aromatic heterocycles. The zero-order valence-electron chi connectivity index (χ0n) is 12.4. The molecular formula is C19H18N2O. The quantitative estimate of drug-likeness (QED) is 0.782. The second-order valence-electron chi connectivity index (χ2n) is 5.18. The van der Waals surface area contributed by atoms with Gasteiger partial charge in [-0.1, -0.05) is 48.5 Å². The Morgan fingerprint density at radius 3 is 2.23 bits per heavy atom. The molecule has 0 saturated heterocycles. The van der Waals surface area contributed by atoms with Crippen LogP contribution in [0.5, 0.6) is 11.6 Å². The Morgan fingerprint density at radius 2 is 1.59 bits per heavy atom. The molecule has 0 spiro atoms. The highest BCUT2D eigenvalue weighted by Crippen LogP contribution is 2.26. The van der Waals surface area contributed by atoms with E-state index in [1.165, 1.54) is 0 Å². The van der Waals surface area contributed by atoms with Crippen LogP contribution < -0.4 is 10.5 Å². The molecule has 0 radical (unpaired) electrons. The molecule has 1 unspecified atom stereocenters. The van der Waals surface area contributed by atoms with Crippen LogP contribution >= 0.6 is 0 Å². The van der Waals surface area contributed by atoms with E-state index in [1.807, 2.05) is 73.7 Å². The summed E-state index contributed by atoms with van der Waals surface area (Å²) in [6, 6.07) is 21.4. The van der Waals surface area contributed by atoms with Crippen LogP contribution in [-0.4, -0.2) is 4.98 Å². The molecule has 1 heterocycles. The summed E-state index contributed by atoms with van der Waals surface area (Å²) in [6.45, 7) is 2.03. The van der Waals surface area contributed by atoms with Gasteiger partial charge in [-0.25, -0.2) is 4.98 Å². The highest BCUT2D eigenvalue weighted by molar-refractivity contribution is 5.38. The fourth-order valence-corrected chi connectivity index (χ4v) is 2.37. The van der Waals surface area contributed by atoms with Crippen LogP contribution in [0.25, 0.3) is 0 Å². The van der Waals surface area contributed by atoms with Gasteiger partial charge in [0, 0.05) is 12.3 Å². The lowest BCUT2D eigenvalue weighted by Crippen LogP contribution is -2.13. The number of aryl methyl sites for hydroxylation is 1. The fraction of sp³-hybridized carbons (Fsp3) is 0.105. The zero-order valence-corrected chi connectivity index (χ0v) is 12.4. The van der Waals surface area contributed by atoms with Gasteiger partial charge in [0.1, 0.15) is 5.75 Å². The van der Waals surface area contributed by atoms with E-state index in [1.54, 1.807) is 6.20 Å². The number of benzene rings is 2. The number of para-hydroxylation sites is 1. The standard InChI is InChI=1S/C19H18N2O/c1-14-12-18(22-16-10-6-3-7-11-16)21-13-17(14)19(20)15-8-4-2-5-9-15/h2-13,19H,20H2,1H3. The Morgan fingerprint density at radius 1 is 0.955 bits per heavy atom. The van der Waals surface area contributed by atoms with E-state index in [9.17, 15) is 0 Å². The molecule has 2 N–H and O–H groups in total. The third-order valence-corrected chi connectivity index (χ3v) is 3.59. The summed E-state index contributed by atoms with van der Waals surface area (Å²) in [4.78, 5) is 4.38. The SMILES string of the molecule is Cc1cc(Oc2ccccc2)ncc1C(N)c1ccccc1. The third kappa shape index (κ3) is 3.15. The Bertz CT molecular complexity index is 742. The van der Waals surface area contributed by atoms with Gasteiger partial charge >= 0.3 is 0 Å². The lowest BCUT2D eigenvalue weighted by Gasteiger charge is -2.15. The monoisotopic (exact) mass is 290 g/mol. The minimum atomic E-state index is -0.181. The van der Waals surface area contributed by atoms with Crippen molar-refractivity contribution >= 4 is 0 Å². The van der Waals surface area contributed by atoms with E-state index in [0.717, 1.165) is 22.4 Å². The van der Waals surface area contributed by atoms with Crippen LogP contribution in [0.3, 0.4) is 0 Å². The molecule has 22 heavy (non-hydrogen) atoms. The summed E-state index contributed by atoms with van der Waals surface area (Å²) in [6.07, 6.45) is 1.80. The number of ether oxygens (including phenoxy) is 1. The third-order valence-electron chi connectivity index (χ3n) is 3.59. The molecule has 0 aliphatic carbocycles. The number of rotatable bonds is 4. The summed E-state index contributed by atoms with van der Waals surface area (Å²) in [5.41, 5.74) is 9.49. The molecule has 0 bridgehead atoms. The van der Waals surface area contributed by atoms with E-state index in [2.05, 4.69) is 4.98 Å². The van der Waals surface area contributed by atoms with Crippen molar-refractivity contribution < 1.29 is 4.74 Å². The van der Waals surface area contributed by atoms with Crippen molar-refractivity contribution in [1.29, 1.82) is 0 Å². The molecule has 2 aromatic carbocycles. The van der Waals surface area contributed by atoms with E-state index >= 15 is 0 Å². The summed E-state index contributed by atoms with van der Waals surface area (Å²) < 4.78 is 5.75. The zero-order chi connectivity index (χ0) is 15.4. The predicted octanol–water partition coefficient (Wildman–Crippen LogP) is 4.23. The lowest BCUT2D eigenvalue weighted by atomic mass is 9.98. The average Bonchev–Trinajstić information content (AvgIpc) is 2.56. The minimum Gasteiger partial charge on any atom is -0.439 e. The van der Waals surface area contributed by atoms with Crippen molar-refractivity contribution in [2.75, 3.05) is 0 Å². The maximum atomic E-state index is 6.34. The molecule has 0 aliphatic heterocycles. The maximum Gasteiger partial charge on any atom is 0.219 e. The topological polar surface area (TPSA) is 48.1 Å². The van der Waals surface area contributed by atoms with Crippen molar-refractivity contribution in [1.82, 2.24) is 4.98 Å². The van der Waals surface area contributed by atoms with Gasteiger partial charge in [-0.05, 0) is 35.7 Å². The summed E-state index contributed by atoms with van der Waals surface area (Å²) in [7, 11) is 0. The van der Waals surface area contributed by atoms with E-state index in [-0.39, 0.29) is 6.04 Å². The van der Waals surface area contributed by atoms with Crippen LogP contribution in [0.15, 0.2) is 72.9 Å². The molecule has 3 nitrogen and oxygen atoms in total. The van der Waals surface area contributed by atoms with Gasteiger partial charge in [0.15, 0.2) is 0 Å². The van der Waals surface area contributed by atoms with Gasteiger partial charge < -0.3 is 10.5 Å². The largest absolute Gasteiger partial charge is 0.439 e. The number of nitrogens with zero attached hydrogens (tertiary/aromatic N) is 1. The molecule has 0 aliphatic rings. The first kappa shape index (κ1) is 14.3. The smallest absolute Gasteiger partial charge is 0.219 e. The molecule has 3 heteroatoms. The number of nitrogens with two attached hydrogens (primary N) is 1. The Hall–Kier alpha value is -2.65. The molecule has 3 rings (SSSR count). The van der Waals surface area contributed by atoms with Crippen LogP contribution in [0.1, 0.15) is 22.7 Å². The predicted molar refractivity (Wildman–Crippen MR) is 88.0 cm³/mol. The fourth-order valence-electron chi connectivity index (χ4n) is 2.37. The van der Waals surface area contributed by atoms with Crippen molar-refractivity contribution in [3.63, 3.8) is 0 Å².